The van der Waals surface area contributed by atoms with Crippen molar-refractivity contribution < 1.29 is 0 Å². The van der Waals surface area contributed by atoms with Gasteiger partial charge in [0.05, 0.1) is 17.4 Å². The minimum absolute atomic E-state index is 0.450. The van der Waals surface area contributed by atoms with Crippen molar-refractivity contribution in [2.75, 3.05) is 5.73 Å². The quantitative estimate of drug-likeness (QED) is 0.740. The monoisotopic (exact) mass is 236 g/mol. The van der Waals surface area contributed by atoms with Gasteiger partial charge in [-0.2, -0.15) is 0 Å². The number of anilines is 1. The number of fused-ring (bicyclic) bond motifs is 1. The smallest absolute Gasteiger partial charge is 0.142 e. The van der Waals surface area contributed by atoms with Gasteiger partial charge >= 0.3 is 0 Å². The Labute approximate surface area is 105 Å². The van der Waals surface area contributed by atoms with E-state index < -0.39 is 0 Å². The third-order valence-corrected chi connectivity index (χ3v) is 2.81. The number of benzene rings is 1. The van der Waals surface area contributed by atoms with E-state index in [0.717, 1.165) is 16.6 Å². The summed E-state index contributed by atoms with van der Waals surface area (Å²) in [6.07, 6.45) is 5.82. The summed E-state index contributed by atoms with van der Waals surface area (Å²) in [5.74, 6) is 0.450. The van der Waals surface area contributed by atoms with Gasteiger partial charge in [0.15, 0.2) is 0 Å². The van der Waals surface area contributed by atoms with E-state index in [9.17, 15) is 0 Å². The first-order valence-electron chi connectivity index (χ1n) is 5.72. The minimum Gasteiger partial charge on any atom is -0.382 e. The largest absolute Gasteiger partial charge is 0.382 e. The van der Waals surface area contributed by atoms with Crippen LogP contribution in [0.5, 0.6) is 0 Å². The van der Waals surface area contributed by atoms with Crippen molar-refractivity contribution in [2.45, 2.75) is 6.42 Å². The fourth-order valence-electron chi connectivity index (χ4n) is 2.01. The molecular formula is C14H12N4. The summed E-state index contributed by atoms with van der Waals surface area (Å²) in [5.41, 5.74) is 8.68. The highest BCUT2D eigenvalue weighted by Gasteiger charge is 2.04. The number of para-hydroxylation sites is 1. The van der Waals surface area contributed by atoms with Crippen molar-refractivity contribution in [1.29, 1.82) is 0 Å². The van der Waals surface area contributed by atoms with Gasteiger partial charge in [0.25, 0.3) is 0 Å². The summed E-state index contributed by atoms with van der Waals surface area (Å²) in [7, 11) is 0. The third kappa shape index (κ3) is 2.00. The van der Waals surface area contributed by atoms with E-state index in [1.807, 2.05) is 30.5 Å². The Bertz CT molecular complexity index is 689. The number of hydrogen-bond acceptors (Lipinski definition) is 4. The maximum absolute atomic E-state index is 5.64. The van der Waals surface area contributed by atoms with Gasteiger partial charge < -0.3 is 5.73 Å². The molecule has 0 saturated carbocycles. The van der Waals surface area contributed by atoms with Crippen LogP contribution in [0.2, 0.25) is 0 Å². The molecule has 0 aliphatic rings. The van der Waals surface area contributed by atoms with Crippen LogP contribution < -0.4 is 5.73 Å². The summed E-state index contributed by atoms with van der Waals surface area (Å²) in [5, 5.41) is 1.14. The molecule has 0 bridgehead atoms. The molecule has 88 valence electrons. The first-order chi connectivity index (χ1) is 8.83. The topological polar surface area (TPSA) is 64.7 Å². The van der Waals surface area contributed by atoms with E-state index in [-0.39, 0.29) is 0 Å². The van der Waals surface area contributed by atoms with Gasteiger partial charge in [-0.3, -0.25) is 9.97 Å². The van der Waals surface area contributed by atoms with E-state index in [1.54, 1.807) is 12.4 Å². The maximum atomic E-state index is 5.64. The second kappa shape index (κ2) is 4.41. The molecule has 2 aromatic heterocycles. The highest BCUT2D eigenvalue weighted by atomic mass is 14.9. The molecule has 3 rings (SSSR count). The molecule has 0 amide bonds. The number of nitrogen functional groups attached to an aromatic ring is 1. The Morgan fingerprint density at radius 3 is 2.83 bits per heavy atom. The fraction of sp³-hybridized carbons (Fsp3) is 0.0714. The van der Waals surface area contributed by atoms with E-state index in [4.69, 9.17) is 5.73 Å². The zero-order valence-electron chi connectivity index (χ0n) is 9.74. The molecule has 2 N–H and O–H groups in total. The zero-order valence-corrected chi connectivity index (χ0v) is 9.74. The van der Waals surface area contributed by atoms with Gasteiger partial charge in [0, 0.05) is 24.2 Å². The molecule has 0 radical (unpaired) electrons. The molecule has 2 heterocycles. The predicted octanol–water partition coefficient (Wildman–Crippen LogP) is 2.20. The van der Waals surface area contributed by atoms with Gasteiger partial charge in [-0.05, 0) is 17.7 Å². The molecule has 4 nitrogen and oxygen atoms in total. The van der Waals surface area contributed by atoms with Crippen LogP contribution in [0.3, 0.4) is 0 Å². The second-order valence-corrected chi connectivity index (χ2v) is 4.10. The summed E-state index contributed by atoms with van der Waals surface area (Å²) >= 11 is 0. The molecule has 18 heavy (non-hydrogen) atoms. The molecule has 0 aliphatic heterocycles. The average Bonchev–Trinajstić information content (AvgIpc) is 2.39. The van der Waals surface area contributed by atoms with Crippen LogP contribution in [-0.2, 0) is 6.42 Å². The number of hydrogen-bond donors (Lipinski definition) is 1. The lowest BCUT2D eigenvalue weighted by molar-refractivity contribution is 1.04. The molecule has 0 unspecified atom stereocenters. The van der Waals surface area contributed by atoms with Gasteiger partial charge in [-0.1, -0.05) is 18.2 Å². The zero-order chi connectivity index (χ0) is 12.4. The van der Waals surface area contributed by atoms with Crippen LogP contribution >= 0.6 is 0 Å². The predicted molar refractivity (Wildman–Crippen MR) is 71.0 cm³/mol. The molecule has 0 aliphatic carbocycles. The third-order valence-electron chi connectivity index (χ3n) is 2.81. The van der Waals surface area contributed by atoms with Gasteiger partial charge in [-0.25, -0.2) is 4.98 Å². The van der Waals surface area contributed by atoms with E-state index in [1.165, 1.54) is 5.56 Å². The van der Waals surface area contributed by atoms with Crippen molar-refractivity contribution in [3.8, 4) is 0 Å². The van der Waals surface area contributed by atoms with E-state index >= 15 is 0 Å². The molecule has 1 aromatic carbocycles. The molecule has 0 fully saturated rings. The average molecular weight is 236 g/mol. The van der Waals surface area contributed by atoms with Crippen LogP contribution in [0.15, 0.2) is 48.9 Å². The first kappa shape index (κ1) is 10.7. The number of nitrogens with zero attached hydrogens (tertiary/aromatic N) is 3. The Balaban J connectivity index is 2.05. The van der Waals surface area contributed by atoms with Crippen LogP contribution in [-0.4, -0.2) is 15.0 Å². The Hall–Kier alpha value is -2.49. The minimum atomic E-state index is 0.450. The number of nitrogens with two attached hydrogens (primary N) is 1. The molecular weight excluding hydrogens is 224 g/mol. The van der Waals surface area contributed by atoms with Crippen LogP contribution in [0.1, 0.15) is 11.3 Å². The van der Waals surface area contributed by atoms with Crippen molar-refractivity contribution in [1.82, 2.24) is 15.0 Å². The SMILES string of the molecule is Nc1cncc(Cc2ccnc3ccccc23)n1. The van der Waals surface area contributed by atoms with Gasteiger partial charge in [0.1, 0.15) is 5.82 Å². The van der Waals surface area contributed by atoms with Crippen molar-refractivity contribution in [2.24, 2.45) is 0 Å². The first-order valence-corrected chi connectivity index (χ1v) is 5.72. The fourth-order valence-corrected chi connectivity index (χ4v) is 2.01. The number of aromatic nitrogens is 3. The molecule has 0 saturated heterocycles. The second-order valence-electron chi connectivity index (χ2n) is 4.10. The van der Waals surface area contributed by atoms with Crippen molar-refractivity contribution in [3.05, 3.63) is 60.2 Å². The van der Waals surface area contributed by atoms with Crippen molar-refractivity contribution in [3.63, 3.8) is 0 Å². The normalized spacial score (nSPS) is 10.7. The summed E-state index contributed by atoms with van der Waals surface area (Å²) in [6, 6.07) is 10.1. The lowest BCUT2D eigenvalue weighted by Gasteiger charge is -2.05. The number of rotatable bonds is 2. The Morgan fingerprint density at radius 2 is 1.94 bits per heavy atom. The van der Waals surface area contributed by atoms with Crippen LogP contribution in [0.25, 0.3) is 10.9 Å². The molecule has 4 heteroatoms. The van der Waals surface area contributed by atoms with Crippen LogP contribution in [0.4, 0.5) is 5.82 Å². The van der Waals surface area contributed by atoms with Gasteiger partial charge in [0.2, 0.25) is 0 Å². The lowest BCUT2D eigenvalue weighted by Crippen LogP contribution is -1.98. The highest BCUT2D eigenvalue weighted by Crippen LogP contribution is 2.18. The Morgan fingerprint density at radius 1 is 1.06 bits per heavy atom. The molecule has 0 spiro atoms. The van der Waals surface area contributed by atoms with E-state index in [2.05, 4.69) is 21.0 Å². The Kier molecular flexibility index (Phi) is 2.61. The summed E-state index contributed by atoms with van der Waals surface area (Å²) < 4.78 is 0. The van der Waals surface area contributed by atoms with Crippen molar-refractivity contribution >= 4 is 16.7 Å². The summed E-state index contributed by atoms with van der Waals surface area (Å²) in [4.78, 5) is 12.7. The van der Waals surface area contributed by atoms with Crippen LogP contribution in [0, 0.1) is 0 Å². The van der Waals surface area contributed by atoms with E-state index in [0.29, 0.717) is 12.2 Å². The highest BCUT2D eigenvalue weighted by molar-refractivity contribution is 5.82. The standard InChI is InChI=1S/C14H12N4/c15-14-9-16-8-11(18-14)7-10-5-6-17-13-4-2-1-3-12(10)13/h1-6,8-9H,7H2,(H2,15,18). The maximum Gasteiger partial charge on any atom is 0.142 e. The summed E-state index contributed by atoms with van der Waals surface area (Å²) in [6.45, 7) is 0. The molecule has 3 aromatic rings. The van der Waals surface area contributed by atoms with Gasteiger partial charge in [-0.15, -0.1) is 0 Å². The molecule has 0 atom stereocenters. The number of pyridine rings is 1. The lowest BCUT2D eigenvalue weighted by atomic mass is 10.1.